The van der Waals surface area contributed by atoms with Gasteiger partial charge in [0.15, 0.2) is 6.10 Å². The van der Waals surface area contributed by atoms with Crippen LogP contribution in [0.2, 0.25) is 0 Å². The summed E-state index contributed by atoms with van der Waals surface area (Å²) < 4.78 is 16.7. The Morgan fingerprint density at radius 3 is 0.944 bits per heavy atom. The van der Waals surface area contributed by atoms with Crippen molar-refractivity contribution >= 4 is 17.9 Å². The van der Waals surface area contributed by atoms with E-state index in [1.54, 1.807) is 0 Å². The third kappa shape index (κ3) is 56.0. The molecule has 0 aliphatic heterocycles. The van der Waals surface area contributed by atoms with Crippen LogP contribution in [0.1, 0.15) is 220 Å². The lowest BCUT2D eigenvalue weighted by molar-refractivity contribution is -0.166. The number of rotatable bonds is 49. The average Bonchev–Trinajstić information content (AvgIpc) is 3.38. The van der Waals surface area contributed by atoms with Crippen LogP contribution in [0.5, 0.6) is 0 Å². The first-order chi connectivity index (χ1) is 35.5. The van der Waals surface area contributed by atoms with Gasteiger partial charge in [0.05, 0.1) is 0 Å². The topological polar surface area (TPSA) is 78.9 Å². The van der Waals surface area contributed by atoms with Crippen molar-refractivity contribution in [2.45, 2.75) is 226 Å². The fraction of sp³-hybridized carbons (Fsp3) is 0.561. The monoisotopic (exact) mass is 991 g/mol. The van der Waals surface area contributed by atoms with Crippen molar-refractivity contribution in [1.29, 1.82) is 0 Å². The lowest BCUT2D eigenvalue weighted by Gasteiger charge is -2.18. The summed E-state index contributed by atoms with van der Waals surface area (Å²) in [4.78, 5) is 38.1. The van der Waals surface area contributed by atoms with Crippen LogP contribution < -0.4 is 0 Å². The highest BCUT2D eigenvalue weighted by Gasteiger charge is 2.19. The molecule has 6 heteroatoms. The van der Waals surface area contributed by atoms with Crippen molar-refractivity contribution in [2.24, 2.45) is 0 Å². The molecule has 0 fully saturated rings. The van der Waals surface area contributed by atoms with Crippen molar-refractivity contribution in [3.05, 3.63) is 158 Å². The minimum absolute atomic E-state index is 0.131. The predicted octanol–water partition coefficient (Wildman–Crippen LogP) is 19.4. The van der Waals surface area contributed by atoms with Crippen molar-refractivity contribution < 1.29 is 28.6 Å². The van der Waals surface area contributed by atoms with Crippen molar-refractivity contribution in [3.63, 3.8) is 0 Å². The Morgan fingerprint density at radius 1 is 0.292 bits per heavy atom. The Kier molecular flexibility index (Phi) is 54.6. The molecule has 1 atom stereocenters. The molecule has 0 rings (SSSR count). The highest BCUT2D eigenvalue weighted by molar-refractivity contribution is 5.71. The molecule has 72 heavy (non-hydrogen) atoms. The summed E-state index contributed by atoms with van der Waals surface area (Å²) in [6, 6.07) is 0. The Labute approximate surface area is 441 Å². The predicted molar refractivity (Wildman–Crippen MR) is 311 cm³/mol. The van der Waals surface area contributed by atoms with Crippen molar-refractivity contribution in [1.82, 2.24) is 0 Å². The summed E-state index contributed by atoms with van der Waals surface area (Å²) in [6.07, 6.45) is 85.3. The molecule has 0 saturated heterocycles. The normalized spacial score (nSPS) is 13.3. The molecule has 0 heterocycles. The second kappa shape index (κ2) is 58.6. The number of carbonyl (C=O) groups excluding carboxylic acids is 3. The van der Waals surface area contributed by atoms with Crippen LogP contribution in [-0.2, 0) is 28.6 Å². The molecule has 1 unspecified atom stereocenters. The minimum Gasteiger partial charge on any atom is -0.462 e. The molecule has 0 aliphatic carbocycles. The SMILES string of the molecule is CC/C=C\C/C=C\C/C=C\C/C=C\C/C=C\C/C=C\C/C=C\CCCCCC(=O)OCC(COC(=O)CC/C=C\C/C=C\C/C=C\C/C=C\CC)OC(=O)CCCCCCC/C=C\C/C=C\CCCCCC. The molecule has 0 spiro atoms. The Bertz CT molecular complexity index is 1660. The summed E-state index contributed by atoms with van der Waals surface area (Å²) in [5, 5.41) is 0. The molecule has 6 nitrogen and oxygen atoms in total. The molecule has 0 amide bonds. The fourth-order valence-electron chi connectivity index (χ4n) is 7.05. The number of ether oxygens (including phenoxy) is 3. The van der Waals surface area contributed by atoms with E-state index in [4.69, 9.17) is 14.2 Å². The Morgan fingerprint density at radius 2 is 0.569 bits per heavy atom. The fourth-order valence-corrected chi connectivity index (χ4v) is 7.05. The van der Waals surface area contributed by atoms with Gasteiger partial charge in [0.2, 0.25) is 0 Å². The summed E-state index contributed by atoms with van der Waals surface area (Å²) in [6.45, 7) is 6.27. The van der Waals surface area contributed by atoms with Gasteiger partial charge in [0, 0.05) is 19.3 Å². The zero-order valence-corrected chi connectivity index (χ0v) is 45.9. The van der Waals surface area contributed by atoms with E-state index in [0.717, 1.165) is 141 Å². The molecule has 0 N–H and O–H groups in total. The van der Waals surface area contributed by atoms with Crippen LogP contribution >= 0.6 is 0 Å². The maximum atomic E-state index is 12.8. The lowest BCUT2D eigenvalue weighted by Crippen LogP contribution is -2.30. The third-order valence-corrected chi connectivity index (χ3v) is 11.3. The summed E-state index contributed by atoms with van der Waals surface area (Å²) >= 11 is 0. The number of carbonyl (C=O) groups is 3. The second-order valence-electron chi connectivity index (χ2n) is 18.1. The maximum absolute atomic E-state index is 12.8. The Balaban J connectivity index is 4.53. The van der Waals surface area contributed by atoms with Crippen molar-refractivity contribution in [3.8, 4) is 0 Å². The van der Waals surface area contributed by atoms with Gasteiger partial charge in [-0.25, -0.2) is 0 Å². The van der Waals surface area contributed by atoms with Crippen LogP contribution in [0.3, 0.4) is 0 Å². The molecular weight excluding hydrogens is 889 g/mol. The molecule has 0 bridgehead atoms. The quantitative estimate of drug-likeness (QED) is 0.0262. The lowest BCUT2D eigenvalue weighted by atomic mass is 10.1. The van der Waals surface area contributed by atoms with Gasteiger partial charge in [-0.15, -0.1) is 0 Å². The van der Waals surface area contributed by atoms with Crippen LogP contribution in [0.25, 0.3) is 0 Å². The second-order valence-corrected chi connectivity index (χ2v) is 18.1. The van der Waals surface area contributed by atoms with Gasteiger partial charge in [-0.05, 0) is 135 Å². The van der Waals surface area contributed by atoms with Gasteiger partial charge in [0.1, 0.15) is 13.2 Å². The zero-order valence-electron chi connectivity index (χ0n) is 45.9. The van der Waals surface area contributed by atoms with Crippen molar-refractivity contribution in [2.75, 3.05) is 13.2 Å². The molecule has 0 aromatic carbocycles. The summed E-state index contributed by atoms with van der Waals surface area (Å²) in [5.74, 6) is -1.07. The smallest absolute Gasteiger partial charge is 0.306 e. The van der Waals surface area contributed by atoms with Gasteiger partial charge < -0.3 is 14.2 Å². The molecule has 0 saturated carbocycles. The van der Waals surface area contributed by atoms with E-state index < -0.39 is 6.10 Å². The molecule has 0 aromatic rings. The first kappa shape index (κ1) is 67.0. The number of hydrogen-bond donors (Lipinski definition) is 0. The number of hydrogen-bond acceptors (Lipinski definition) is 6. The first-order valence-electron chi connectivity index (χ1n) is 28.5. The largest absolute Gasteiger partial charge is 0.462 e. The molecule has 402 valence electrons. The van der Waals surface area contributed by atoms with E-state index in [-0.39, 0.29) is 44.0 Å². The van der Waals surface area contributed by atoms with E-state index in [2.05, 4.69) is 167 Å². The molecule has 0 radical (unpaired) electrons. The van der Waals surface area contributed by atoms with E-state index in [1.165, 1.54) is 32.1 Å². The highest BCUT2D eigenvalue weighted by atomic mass is 16.6. The van der Waals surface area contributed by atoms with Crippen LogP contribution in [0.4, 0.5) is 0 Å². The van der Waals surface area contributed by atoms with Crippen LogP contribution in [-0.4, -0.2) is 37.2 Å². The summed E-state index contributed by atoms with van der Waals surface area (Å²) in [7, 11) is 0. The molecular formula is C66H102O6. The Hall–Kier alpha value is -4.97. The van der Waals surface area contributed by atoms with Gasteiger partial charge in [-0.3, -0.25) is 14.4 Å². The summed E-state index contributed by atoms with van der Waals surface area (Å²) in [5.41, 5.74) is 0. The number of allylic oxidation sites excluding steroid dienone is 26. The van der Waals surface area contributed by atoms with Gasteiger partial charge in [0.25, 0.3) is 0 Å². The van der Waals surface area contributed by atoms with Gasteiger partial charge in [-0.2, -0.15) is 0 Å². The van der Waals surface area contributed by atoms with E-state index in [1.807, 2.05) is 12.2 Å². The zero-order chi connectivity index (χ0) is 52.2. The van der Waals surface area contributed by atoms with Gasteiger partial charge >= 0.3 is 17.9 Å². The highest BCUT2D eigenvalue weighted by Crippen LogP contribution is 2.12. The molecule has 0 aromatic heterocycles. The number of esters is 3. The maximum Gasteiger partial charge on any atom is 0.306 e. The third-order valence-electron chi connectivity index (χ3n) is 11.3. The first-order valence-corrected chi connectivity index (χ1v) is 28.5. The standard InChI is InChI=1S/C66H102O6/c1-4-7-10-13-16-19-22-25-27-29-30-31-32-33-34-35-36-37-39-41-44-47-50-53-56-59-65(68)71-62-63(61-70-64(67)58-55-52-49-46-43-40-24-21-18-15-12-9-6-3)72-66(69)60-57-54-51-48-45-42-38-28-26-23-20-17-14-11-8-5-2/h7,9-10,12,16,18-21,23,25,27-28,30-31,33-34,36-38,40-41,43-44,49,52,63H,4-6,8,11,13-15,17,22,24,26,29,32,35,39,42,45-48,50-51,53-62H2,1-3H3/b10-7-,12-9-,19-16-,21-18-,23-20-,27-25-,31-30-,34-33-,37-36-,38-28-,43-40-,44-41-,52-49-. The van der Waals surface area contributed by atoms with E-state index in [0.29, 0.717) is 12.8 Å². The van der Waals surface area contributed by atoms with E-state index in [9.17, 15) is 14.4 Å². The van der Waals surface area contributed by atoms with Crippen LogP contribution in [0.15, 0.2) is 158 Å². The minimum atomic E-state index is -0.836. The van der Waals surface area contributed by atoms with Gasteiger partial charge in [-0.1, -0.05) is 224 Å². The molecule has 0 aliphatic rings. The number of unbranched alkanes of at least 4 members (excludes halogenated alkanes) is 12. The van der Waals surface area contributed by atoms with E-state index >= 15 is 0 Å². The average molecular weight is 992 g/mol. The van der Waals surface area contributed by atoms with Crippen LogP contribution in [0, 0.1) is 0 Å².